The van der Waals surface area contributed by atoms with Crippen LogP contribution in [0.2, 0.25) is 0 Å². The van der Waals surface area contributed by atoms with E-state index in [1.165, 1.54) is 5.56 Å². The number of benzene rings is 2. The van der Waals surface area contributed by atoms with Crippen LogP contribution < -0.4 is 10.6 Å². The van der Waals surface area contributed by atoms with Gasteiger partial charge in [-0.3, -0.25) is 9.79 Å². The van der Waals surface area contributed by atoms with Gasteiger partial charge in [0.05, 0.1) is 0 Å². The summed E-state index contributed by atoms with van der Waals surface area (Å²) in [5, 5.41) is 6.69. The summed E-state index contributed by atoms with van der Waals surface area (Å²) < 4.78 is 0. The fraction of sp³-hybridized carbons (Fsp3) is 0.391. The molecule has 0 heterocycles. The molecule has 1 unspecified atom stereocenters. The molecule has 0 bridgehead atoms. The molecule has 0 radical (unpaired) electrons. The molecule has 6 heteroatoms. The van der Waals surface area contributed by atoms with Crippen molar-refractivity contribution < 1.29 is 4.79 Å². The van der Waals surface area contributed by atoms with Crippen LogP contribution in [0.1, 0.15) is 41.3 Å². The van der Waals surface area contributed by atoms with E-state index in [4.69, 9.17) is 4.99 Å². The van der Waals surface area contributed by atoms with Gasteiger partial charge in [-0.1, -0.05) is 49.4 Å². The minimum Gasteiger partial charge on any atom is -0.357 e. The molecule has 158 valence electrons. The number of amides is 1. The Hall–Kier alpha value is -2.09. The monoisotopic (exact) mass is 508 g/mol. The summed E-state index contributed by atoms with van der Waals surface area (Å²) in [7, 11) is 3.54. The maximum atomic E-state index is 12.1. The molecular weight excluding hydrogens is 475 g/mol. The molecule has 5 nitrogen and oxygen atoms in total. The second-order valence-corrected chi connectivity index (χ2v) is 7.11. The van der Waals surface area contributed by atoms with Crippen molar-refractivity contribution in [1.82, 2.24) is 15.5 Å². The third-order valence-corrected chi connectivity index (χ3v) is 4.52. The van der Waals surface area contributed by atoms with Gasteiger partial charge in [-0.2, -0.15) is 0 Å². The highest BCUT2D eigenvalue weighted by molar-refractivity contribution is 14.0. The van der Waals surface area contributed by atoms with Crippen LogP contribution in [0.15, 0.2) is 59.6 Å². The van der Waals surface area contributed by atoms with Gasteiger partial charge in [-0.15, -0.1) is 24.0 Å². The summed E-state index contributed by atoms with van der Waals surface area (Å²) in [6, 6.07) is 18.3. The lowest BCUT2D eigenvalue weighted by Gasteiger charge is -2.14. The number of carbonyl (C=O) groups excluding carboxylic acids is 1. The predicted octanol–water partition coefficient (Wildman–Crippen LogP) is 3.91. The Morgan fingerprint density at radius 2 is 1.79 bits per heavy atom. The van der Waals surface area contributed by atoms with Crippen molar-refractivity contribution >= 4 is 35.8 Å². The van der Waals surface area contributed by atoms with Crippen LogP contribution in [-0.2, 0) is 6.42 Å². The number of nitrogens with one attached hydrogen (secondary N) is 2. The lowest BCUT2D eigenvalue weighted by Crippen LogP contribution is -2.38. The first-order valence-corrected chi connectivity index (χ1v) is 9.89. The Morgan fingerprint density at radius 1 is 1.07 bits per heavy atom. The minimum atomic E-state index is 0. The average Bonchev–Trinajstić information content (AvgIpc) is 2.72. The first-order chi connectivity index (χ1) is 13.5. The Morgan fingerprint density at radius 3 is 2.45 bits per heavy atom. The van der Waals surface area contributed by atoms with Gasteiger partial charge < -0.3 is 15.5 Å². The highest BCUT2D eigenvalue weighted by atomic mass is 127. The normalized spacial score (nSPS) is 11.9. The Kier molecular flexibility index (Phi) is 11.3. The zero-order valence-corrected chi connectivity index (χ0v) is 20.1. The Labute approximate surface area is 192 Å². The standard InChI is InChI=1S/C23H32N4O.HI/c1-5-24-23(26-17-18(2)20-11-7-6-8-12-20)25-15-14-19-10-9-13-21(16-19)22(28)27(3)4;/h6-13,16,18H,5,14-15,17H2,1-4H3,(H2,24,25,26);1H. The number of aliphatic imine (C=N–C) groups is 1. The molecule has 0 saturated carbocycles. The number of nitrogens with zero attached hydrogens (tertiary/aromatic N) is 2. The number of halogens is 1. The molecule has 1 atom stereocenters. The molecular formula is C23H33IN4O. The summed E-state index contributed by atoms with van der Waals surface area (Å²) in [6.07, 6.45) is 0.827. The van der Waals surface area contributed by atoms with Gasteiger partial charge >= 0.3 is 0 Å². The minimum absolute atomic E-state index is 0. The van der Waals surface area contributed by atoms with E-state index in [-0.39, 0.29) is 29.9 Å². The van der Waals surface area contributed by atoms with Gasteiger partial charge in [0.15, 0.2) is 5.96 Å². The smallest absolute Gasteiger partial charge is 0.253 e. The summed E-state index contributed by atoms with van der Waals surface area (Å²) in [5.74, 6) is 1.22. The topological polar surface area (TPSA) is 56.7 Å². The second kappa shape index (κ2) is 13.2. The van der Waals surface area contributed by atoms with Crippen molar-refractivity contribution in [3.05, 3.63) is 71.3 Å². The Bertz CT molecular complexity index is 777. The van der Waals surface area contributed by atoms with Crippen molar-refractivity contribution in [2.75, 3.05) is 33.7 Å². The maximum absolute atomic E-state index is 12.1. The van der Waals surface area contributed by atoms with Gasteiger partial charge in [-0.25, -0.2) is 0 Å². The van der Waals surface area contributed by atoms with Gasteiger partial charge in [0, 0.05) is 45.2 Å². The fourth-order valence-corrected chi connectivity index (χ4v) is 2.90. The van der Waals surface area contributed by atoms with E-state index in [0.29, 0.717) is 5.92 Å². The highest BCUT2D eigenvalue weighted by Gasteiger charge is 2.08. The van der Waals surface area contributed by atoms with Crippen LogP contribution in [0, 0.1) is 0 Å². The molecule has 0 spiro atoms. The van der Waals surface area contributed by atoms with E-state index < -0.39 is 0 Å². The van der Waals surface area contributed by atoms with Crippen molar-refractivity contribution in [2.45, 2.75) is 26.2 Å². The average molecular weight is 508 g/mol. The highest BCUT2D eigenvalue weighted by Crippen LogP contribution is 2.14. The van der Waals surface area contributed by atoms with Crippen LogP contribution in [0.5, 0.6) is 0 Å². The molecule has 2 rings (SSSR count). The van der Waals surface area contributed by atoms with E-state index in [0.717, 1.165) is 43.1 Å². The molecule has 29 heavy (non-hydrogen) atoms. The first-order valence-electron chi connectivity index (χ1n) is 9.89. The molecule has 2 aromatic carbocycles. The molecule has 0 aromatic heterocycles. The Balaban J connectivity index is 0.00000420. The molecule has 2 aromatic rings. The van der Waals surface area contributed by atoms with E-state index in [9.17, 15) is 4.79 Å². The number of rotatable bonds is 8. The van der Waals surface area contributed by atoms with E-state index >= 15 is 0 Å². The lowest BCUT2D eigenvalue weighted by molar-refractivity contribution is 0.0827. The second-order valence-electron chi connectivity index (χ2n) is 7.11. The molecule has 0 aliphatic heterocycles. The van der Waals surface area contributed by atoms with E-state index in [2.05, 4.69) is 54.8 Å². The van der Waals surface area contributed by atoms with Crippen LogP contribution in [0.25, 0.3) is 0 Å². The quantitative estimate of drug-likeness (QED) is 0.323. The summed E-state index contributed by atoms with van der Waals surface area (Å²) in [6.45, 7) is 6.56. The van der Waals surface area contributed by atoms with Crippen LogP contribution >= 0.6 is 24.0 Å². The summed E-state index contributed by atoms with van der Waals surface area (Å²) in [4.78, 5) is 18.4. The van der Waals surface area contributed by atoms with E-state index in [1.54, 1.807) is 19.0 Å². The number of carbonyl (C=O) groups is 1. The maximum Gasteiger partial charge on any atom is 0.253 e. The van der Waals surface area contributed by atoms with Crippen LogP contribution in [0.3, 0.4) is 0 Å². The van der Waals surface area contributed by atoms with Crippen LogP contribution in [-0.4, -0.2) is 50.5 Å². The molecule has 0 aliphatic rings. The third-order valence-electron chi connectivity index (χ3n) is 4.52. The van der Waals surface area contributed by atoms with Crippen LogP contribution in [0.4, 0.5) is 0 Å². The third kappa shape index (κ3) is 8.43. The van der Waals surface area contributed by atoms with Gasteiger partial charge in [0.1, 0.15) is 0 Å². The fourth-order valence-electron chi connectivity index (χ4n) is 2.90. The van der Waals surface area contributed by atoms with Crippen molar-refractivity contribution in [2.24, 2.45) is 4.99 Å². The first kappa shape index (κ1) is 24.9. The lowest BCUT2D eigenvalue weighted by atomic mass is 10.0. The molecule has 0 saturated heterocycles. The molecule has 2 N–H and O–H groups in total. The van der Waals surface area contributed by atoms with Gasteiger partial charge in [-0.05, 0) is 36.6 Å². The summed E-state index contributed by atoms with van der Waals surface area (Å²) >= 11 is 0. The van der Waals surface area contributed by atoms with Gasteiger partial charge in [0.2, 0.25) is 0 Å². The zero-order valence-electron chi connectivity index (χ0n) is 17.8. The van der Waals surface area contributed by atoms with Gasteiger partial charge in [0.25, 0.3) is 5.91 Å². The predicted molar refractivity (Wildman–Crippen MR) is 132 cm³/mol. The molecule has 0 fully saturated rings. The molecule has 0 aliphatic carbocycles. The van der Waals surface area contributed by atoms with E-state index in [1.807, 2.05) is 24.3 Å². The largest absolute Gasteiger partial charge is 0.357 e. The number of hydrogen-bond acceptors (Lipinski definition) is 2. The van der Waals surface area contributed by atoms with Crippen molar-refractivity contribution in [3.63, 3.8) is 0 Å². The zero-order chi connectivity index (χ0) is 20.4. The van der Waals surface area contributed by atoms with Crippen molar-refractivity contribution in [3.8, 4) is 0 Å². The molecule has 1 amide bonds. The number of hydrogen-bond donors (Lipinski definition) is 2. The SMILES string of the molecule is CCNC(=NCC(C)c1ccccc1)NCCc1cccc(C(=O)N(C)C)c1.I. The number of guanidine groups is 1. The summed E-state index contributed by atoms with van der Waals surface area (Å²) in [5.41, 5.74) is 3.15. The van der Waals surface area contributed by atoms with Crippen molar-refractivity contribution in [1.29, 1.82) is 0 Å².